The Balaban J connectivity index is 1.37. The number of amides is 2. The number of rotatable bonds is 3. The molecule has 2 amide bonds. The van der Waals surface area contributed by atoms with Crippen LogP contribution in [-0.2, 0) is 9.59 Å². The van der Waals surface area contributed by atoms with Gasteiger partial charge in [-0.2, -0.15) is 10.1 Å². The van der Waals surface area contributed by atoms with Crippen LogP contribution >= 0.6 is 15.9 Å². The topological polar surface area (TPSA) is 62.9 Å². The third kappa shape index (κ3) is 2.70. The van der Waals surface area contributed by atoms with Crippen molar-refractivity contribution in [3.05, 3.63) is 58.8 Å². The molecule has 0 unspecified atom stereocenters. The van der Waals surface area contributed by atoms with Crippen molar-refractivity contribution in [1.82, 2.24) is 5.01 Å². The quantitative estimate of drug-likeness (QED) is 0.420. The standard InChI is InChI=1S/C21H17BrN2O3/c22-15-7-5-12(6-8-15)17-10-9-16(27-17)11-23-24-20(25)18-13-1-2-14(4-3-13)19(18)21(24)26/h1-2,5-11,13-14,18-19H,3-4H2/b23-11-/t13-,14-,18-,19-/m0/s1. The van der Waals surface area contributed by atoms with Crippen LogP contribution in [0.1, 0.15) is 18.6 Å². The number of benzene rings is 1. The van der Waals surface area contributed by atoms with Crippen molar-refractivity contribution in [2.45, 2.75) is 12.8 Å². The number of furan rings is 1. The Bertz CT molecular complexity index is 944. The van der Waals surface area contributed by atoms with Crippen LogP contribution in [0, 0.1) is 23.7 Å². The molecule has 2 heterocycles. The van der Waals surface area contributed by atoms with Crippen LogP contribution in [0.4, 0.5) is 0 Å². The minimum atomic E-state index is -0.242. The molecule has 1 aromatic carbocycles. The Morgan fingerprint density at radius 1 is 0.963 bits per heavy atom. The summed E-state index contributed by atoms with van der Waals surface area (Å²) < 4.78 is 6.78. The third-order valence-corrected chi connectivity index (χ3v) is 6.32. The molecule has 6 heteroatoms. The van der Waals surface area contributed by atoms with E-state index in [1.54, 1.807) is 6.07 Å². The maximum Gasteiger partial charge on any atom is 0.254 e. The fourth-order valence-corrected chi connectivity index (χ4v) is 4.74. The van der Waals surface area contributed by atoms with Crippen molar-refractivity contribution in [1.29, 1.82) is 0 Å². The number of hydrogen-bond acceptors (Lipinski definition) is 4. The first-order valence-corrected chi connectivity index (χ1v) is 9.87. The van der Waals surface area contributed by atoms with Gasteiger partial charge in [-0.1, -0.05) is 40.2 Å². The highest BCUT2D eigenvalue weighted by Crippen LogP contribution is 2.49. The fraction of sp³-hybridized carbons (Fsp3) is 0.286. The zero-order chi connectivity index (χ0) is 18.5. The molecular weight excluding hydrogens is 408 g/mol. The summed E-state index contributed by atoms with van der Waals surface area (Å²) in [6.45, 7) is 0. The number of nitrogens with zero attached hydrogens (tertiary/aromatic N) is 2. The second kappa shape index (κ2) is 6.30. The molecule has 4 aliphatic rings. The Labute approximate surface area is 164 Å². The summed E-state index contributed by atoms with van der Waals surface area (Å²) in [4.78, 5) is 25.5. The molecule has 3 aliphatic carbocycles. The average Bonchev–Trinajstić information content (AvgIpc) is 3.26. The number of hydrazone groups is 1. The zero-order valence-electron chi connectivity index (χ0n) is 14.4. The summed E-state index contributed by atoms with van der Waals surface area (Å²) in [5.41, 5.74) is 0.944. The number of carbonyl (C=O) groups excluding carboxylic acids is 2. The highest BCUT2D eigenvalue weighted by atomic mass is 79.9. The van der Waals surface area contributed by atoms with Gasteiger partial charge in [0.25, 0.3) is 11.8 Å². The molecule has 1 saturated heterocycles. The van der Waals surface area contributed by atoms with Crippen molar-refractivity contribution in [2.24, 2.45) is 28.8 Å². The molecule has 1 saturated carbocycles. The molecule has 2 fully saturated rings. The van der Waals surface area contributed by atoms with E-state index in [0.29, 0.717) is 11.5 Å². The highest BCUT2D eigenvalue weighted by molar-refractivity contribution is 9.10. The van der Waals surface area contributed by atoms with Crippen molar-refractivity contribution >= 4 is 34.0 Å². The number of allylic oxidation sites excluding steroid dienone is 2. The Morgan fingerprint density at radius 2 is 1.59 bits per heavy atom. The zero-order valence-corrected chi connectivity index (χ0v) is 16.0. The lowest BCUT2D eigenvalue weighted by molar-refractivity contribution is -0.140. The Morgan fingerprint density at radius 3 is 2.19 bits per heavy atom. The van der Waals surface area contributed by atoms with Gasteiger partial charge in [0.05, 0.1) is 18.1 Å². The molecule has 1 aromatic heterocycles. The van der Waals surface area contributed by atoms with Gasteiger partial charge in [-0.15, -0.1) is 0 Å². The molecule has 2 aromatic rings. The van der Waals surface area contributed by atoms with E-state index in [0.717, 1.165) is 27.9 Å². The Kier molecular flexibility index (Phi) is 3.90. The molecule has 1 aliphatic heterocycles. The number of halogens is 1. The molecule has 5 nitrogen and oxygen atoms in total. The first-order valence-electron chi connectivity index (χ1n) is 9.08. The van der Waals surface area contributed by atoms with E-state index >= 15 is 0 Å². The van der Waals surface area contributed by atoms with E-state index in [4.69, 9.17) is 4.42 Å². The van der Waals surface area contributed by atoms with Gasteiger partial charge < -0.3 is 4.42 Å². The van der Waals surface area contributed by atoms with Gasteiger partial charge in [0.1, 0.15) is 11.5 Å². The summed E-state index contributed by atoms with van der Waals surface area (Å²) >= 11 is 3.41. The first kappa shape index (κ1) is 16.7. The minimum absolute atomic E-state index is 0.171. The fourth-order valence-electron chi connectivity index (χ4n) is 4.48. The van der Waals surface area contributed by atoms with Crippen LogP contribution in [0.15, 0.2) is 62.5 Å². The van der Waals surface area contributed by atoms with E-state index in [2.05, 4.69) is 33.2 Å². The second-order valence-corrected chi connectivity index (χ2v) is 8.20. The Hall–Kier alpha value is -2.47. The van der Waals surface area contributed by atoms with E-state index < -0.39 is 0 Å². The lowest BCUT2D eigenvalue weighted by Crippen LogP contribution is -2.38. The van der Waals surface area contributed by atoms with Crippen LogP contribution in [0.5, 0.6) is 0 Å². The summed E-state index contributed by atoms with van der Waals surface area (Å²) in [5.74, 6) is 0.707. The van der Waals surface area contributed by atoms with Crippen molar-refractivity contribution in [3.63, 3.8) is 0 Å². The van der Waals surface area contributed by atoms with Gasteiger partial charge in [-0.05, 0) is 48.9 Å². The van der Waals surface area contributed by atoms with Crippen LogP contribution in [-0.4, -0.2) is 23.0 Å². The van der Waals surface area contributed by atoms with Gasteiger partial charge in [0.15, 0.2) is 0 Å². The second-order valence-electron chi connectivity index (χ2n) is 7.28. The number of imide groups is 1. The van der Waals surface area contributed by atoms with E-state index in [9.17, 15) is 9.59 Å². The largest absolute Gasteiger partial charge is 0.455 e. The van der Waals surface area contributed by atoms with Gasteiger partial charge in [-0.3, -0.25) is 9.59 Å². The van der Waals surface area contributed by atoms with Crippen LogP contribution in [0.25, 0.3) is 11.3 Å². The molecule has 4 atom stereocenters. The van der Waals surface area contributed by atoms with Crippen molar-refractivity contribution in [2.75, 3.05) is 0 Å². The van der Waals surface area contributed by atoms with E-state index in [1.165, 1.54) is 6.21 Å². The van der Waals surface area contributed by atoms with Gasteiger partial charge in [0.2, 0.25) is 0 Å². The SMILES string of the molecule is O=C1[C@@H]2[C@@H](C(=O)N1/N=C\c1ccc(-c3ccc(Br)cc3)o1)[C@H]1C=C[C@H]2CC1. The van der Waals surface area contributed by atoms with Crippen LogP contribution in [0.2, 0.25) is 0 Å². The summed E-state index contributed by atoms with van der Waals surface area (Å²) in [7, 11) is 0. The van der Waals surface area contributed by atoms with Gasteiger partial charge >= 0.3 is 0 Å². The predicted octanol–water partition coefficient (Wildman–Crippen LogP) is 4.24. The number of hydrogen-bond donors (Lipinski definition) is 0. The first-order chi connectivity index (χ1) is 13.1. The van der Waals surface area contributed by atoms with Crippen LogP contribution in [0.3, 0.4) is 0 Å². The monoisotopic (exact) mass is 424 g/mol. The molecule has 0 radical (unpaired) electrons. The molecule has 0 spiro atoms. The number of fused-ring (bicyclic) bond motifs is 1. The predicted molar refractivity (Wildman–Crippen MR) is 104 cm³/mol. The number of carbonyl (C=O) groups is 2. The summed E-state index contributed by atoms with van der Waals surface area (Å²) in [5, 5.41) is 5.23. The maximum atomic E-state index is 12.7. The minimum Gasteiger partial charge on any atom is -0.455 e. The molecule has 27 heavy (non-hydrogen) atoms. The summed E-state index contributed by atoms with van der Waals surface area (Å²) in [6, 6.07) is 11.4. The lowest BCUT2D eigenvalue weighted by atomic mass is 9.63. The third-order valence-electron chi connectivity index (χ3n) is 5.79. The van der Waals surface area contributed by atoms with E-state index in [-0.39, 0.29) is 35.5 Å². The molecular formula is C21H17BrN2O3. The summed E-state index contributed by atoms with van der Waals surface area (Å²) in [6.07, 6.45) is 7.61. The molecule has 136 valence electrons. The lowest BCUT2D eigenvalue weighted by Gasteiger charge is -2.37. The van der Waals surface area contributed by atoms with Gasteiger partial charge in [-0.25, -0.2) is 0 Å². The van der Waals surface area contributed by atoms with Crippen LogP contribution < -0.4 is 0 Å². The van der Waals surface area contributed by atoms with Gasteiger partial charge in [0, 0.05) is 10.0 Å². The molecule has 6 rings (SSSR count). The van der Waals surface area contributed by atoms with Crippen molar-refractivity contribution in [3.8, 4) is 11.3 Å². The van der Waals surface area contributed by atoms with E-state index in [1.807, 2.05) is 30.3 Å². The molecule has 2 bridgehead atoms. The maximum absolute atomic E-state index is 12.7. The highest BCUT2D eigenvalue weighted by Gasteiger charge is 2.56. The van der Waals surface area contributed by atoms with Crippen molar-refractivity contribution < 1.29 is 14.0 Å². The average molecular weight is 425 g/mol. The molecule has 0 N–H and O–H groups in total. The smallest absolute Gasteiger partial charge is 0.254 e. The normalized spacial score (nSPS) is 29.1.